The van der Waals surface area contributed by atoms with Gasteiger partial charge in [-0.25, -0.2) is 9.97 Å². The van der Waals surface area contributed by atoms with E-state index in [0.29, 0.717) is 5.92 Å². The first-order chi connectivity index (χ1) is 12.5. The van der Waals surface area contributed by atoms with E-state index in [1.165, 1.54) is 5.56 Å². The second kappa shape index (κ2) is 7.83. The van der Waals surface area contributed by atoms with Crippen LogP contribution in [0.5, 0.6) is 0 Å². The molecule has 0 unspecified atom stereocenters. The third-order valence-corrected chi connectivity index (χ3v) is 4.98. The molecule has 1 amide bonds. The number of likely N-dealkylation sites (tertiary alicyclic amines) is 1. The van der Waals surface area contributed by atoms with Crippen LogP contribution in [0.1, 0.15) is 38.2 Å². The van der Waals surface area contributed by atoms with Crippen LogP contribution in [-0.4, -0.2) is 46.6 Å². The first-order valence-electron chi connectivity index (χ1n) is 8.98. The Hall–Kier alpha value is -2.47. The summed E-state index contributed by atoms with van der Waals surface area (Å²) in [4.78, 5) is 23.1. The monoisotopic (exact) mass is 354 g/mol. The zero-order valence-electron chi connectivity index (χ0n) is 15.6. The molecule has 26 heavy (non-hydrogen) atoms. The highest BCUT2D eigenvalue weighted by molar-refractivity contribution is 5.84. The number of carbonyl (C=O) groups excluding carboxylic acids is 1. The van der Waals surface area contributed by atoms with E-state index >= 15 is 0 Å². The smallest absolute Gasteiger partial charge is 0.254 e. The third kappa shape index (κ3) is 4.19. The van der Waals surface area contributed by atoms with Gasteiger partial charge in [0.15, 0.2) is 0 Å². The fourth-order valence-corrected chi connectivity index (χ4v) is 3.22. The van der Waals surface area contributed by atoms with Crippen LogP contribution in [-0.2, 0) is 9.53 Å². The lowest BCUT2D eigenvalue weighted by Gasteiger charge is -2.36. The molecule has 138 valence electrons. The number of hydrogen-bond donors (Lipinski definition) is 1. The number of ether oxygens (including phenoxy) is 1. The molecule has 0 bridgehead atoms. The van der Waals surface area contributed by atoms with Crippen molar-refractivity contribution in [1.82, 2.24) is 14.9 Å². The molecule has 0 spiro atoms. The molecule has 0 aromatic carbocycles. The van der Waals surface area contributed by atoms with Gasteiger partial charge in [-0.05, 0) is 62.4 Å². The van der Waals surface area contributed by atoms with E-state index in [2.05, 4.69) is 27.4 Å². The Morgan fingerprint density at radius 2 is 1.88 bits per heavy atom. The standard InChI is InChI=1S/C20H26N4O2/c1-20(2,26-3)19(25)24-12-8-15(9-13-24)16-7-11-22-18(14-16)23-17-6-4-5-10-21-17/h4-7,10-11,14-15H,8-9,12-13H2,1-3H3,(H,21,22,23). The Morgan fingerprint density at radius 1 is 1.15 bits per heavy atom. The van der Waals surface area contributed by atoms with Crippen LogP contribution < -0.4 is 5.32 Å². The summed E-state index contributed by atoms with van der Waals surface area (Å²) in [6.45, 7) is 5.14. The molecule has 2 aromatic rings. The molecule has 6 heteroatoms. The van der Waals surface area contributed by atoms with Crippen molar-refractivity contribution in [3.05, 3.63) is 48.3 Å². The van der Waals surface area contributed by atoms with Crippen LogP contribution >= 0.6 is 0 Å². The summed E-state index contributed by atoms with van der Waals surface area (Å²) in [5.74, 6) is 2.06. The van der Waals surface area contributed by atoms with Gasteiger partial charge in [0.2, 0.25) is 0 Å². The van der Waals surface area contributed by atoms with E-state index < -0.39 is 5.60 Å². The average molecular weight is 354 g/mol. The molecule has 0 atom stereocenters. The number of hydrogen-bond acceptors (Lipinski definition) is 5. The normalized spacial score (nSPS) is 15.7. The largest absolute Gasteiger partial charge is 0.369 e. The van der Waals surface area contributed by atoms with Gasteiger partial charge in [-0.15, -0.1) is 0 Å². The first-order valence-corrected chi connectivity index (χ1v) is 8.98. The second-order valence-electron chi connectivity index (χ2n) is 7.10. The Kier molecular flexibility index (Phi) is 5.52. The molecule has 3 rings (SSSR count). The van der Waals surface area contributed by atoms with E-state index in [1.807, 2.05) is 43.1 Å². The minimum Gasteiger partial charge on any atom is -0.369 e. The maximum atomic E-state index is 12.5. The van der Waals surface area contributed by atoms with Gasteiger partial charge >= 0.3 is 0 Å². The quantitative estimate of drug-likeness (QED) is 0.892. The Morgan fingerprint density at radius 3 is 2.54 bits per heavy atom. The minimum absolute atomic E-state index is 0.0608. The number of amides is 1. The maximum absolute atomic E-state index is 12.5. The lowest BCUT2D eigenvalue weighted by atomic mass is 9.89. The molecule has 6 nitrogen and oxygen atoms in total. The fraction of sp³-hybridized carbons (Fsp3) is 0.450. The van der Waals surface area contributed by atoms with E-state index in [4.69, 9.17) is 4.74 Å². The van der Waals surface area contributed by atoms with Crippen molar-refractivity contribution in [3.8, 4) is 0 Å². The predicted octanol–water partition coefficient (Wildman–Crippen LogP) is 3.35. The van der Waals surface area contributed by atoms with E-state index in [1.54, 1.807) is 13.3 Å². The molecular formula is C20H26N4O2. The van der Waals surface area contributed by atoms with Crippen LogP contribution in [0.25, 0.3) is 0 Å². The maximum Gasteiger partial charge on any atom is 0.254 e. The molecule has 3 heterocycles. The van der Waals surface area contributed by atoms with Crippen molar-refractivity contribution in [2.24, 2.45) is 0 Å². The highest BCUT2D eigenvalue weighted by Crippen LogP contribution is 2.30. The number of carbonyl (C=O) groups is 1. The summed E-state index contributed by atoms with van der Waals surface area (Å²) >= 11 is 0. The zero-order valence-corrected chi connectivity index (χ0v) is 15.6. The second-order valence-corrected chi connectivity index (χ2v) is 7.10. The average Bonchev–Trinajstić information content (AvgIpc) is 2.68. The van der Waals surface area contributed by atoms with Gasteiger partial charge in [-0.2, -0.15) is 0 Å². The van der Waals surface area contributed by atoms with Gasteiger partial charge in [-0.3, -0.25) is 4.79 Å². The van der Waals surface area contributed by atoms with Gasteiger partial charge in [0, 0.05) is 32.6 Å². The predicted molar refractivity (Wildman–Crippen MR) is 101 cm³/mol. The Bertz CT molecular complexity index is 740. The van der Waals surface area contributed by atoms with Crippen molar-refractivity contribution in [2.45, 2.75) is 38.2 Å². The SMILES string of the molecule is COC(C)(C)C(=O)N1CCC(c2ccnc(Nc3ccccn3)c2)CC1. The van der Waals surface area contributed by atoms with Crippen molar-refractivity contribution in [3.63, 3.8) is 0 Å². The molecule has 1 fully saturated rings. The molecule has 0 saturated carbocycles. The summed E-state index contributed by atoms with van der Waals surface area (Å²) in [5.41, 5.74) is 0.486. The van der Waals surface area contributed by atoms with E-state index in [-0.39, 0.29) is 5.91 Å². The van der Waals surface area contributed by atoms with Crippen LogP contribution in [0, 0.1) is 0 Å². The summed E-state index contributed by atoms with van der Waals surface area (Å²) < 4.78 is 5.32. The van der Waals surface area contributed by atoms with Crippen LogP contribution in [0.2, 0.25) is 0 Å². The number of methoxy groups -OCH3 is 1. The molecule has 0 radical (unpaired) electrons. The van der Waals surface area contributed by atoms with Crippen molar-refractivity contribution >= 4 is 17.5 Å². The summed E-state index contributed by atoms with van der Waals surface area (Å²) in [7, 11) is 1.58. The fourth-order valence-electron chi connectivity index (χ4n) is 3.22. The highest BCUT2D eigenvalue weighted by atomic mass is 16.5. The van der Waals surface area contributed by atoms with Gasteiger partial charge in [0.05, 0.1) is 0 Å². The van der Waals surface area contributed by atoms with Crippen molar-refractivity contribution < 1.29 is 9.53 Å². The Balaban J connectivity index is 1.63. The number of pyridine rings is 2. The highest BCUT2D eigenvalue weighted by Gasteiger charge is 2.34. The molecule has 2 aromatic heterocycles. The molecule has 0 aliphatic carbocycles. The number of nitrogens with one attached hydrogen (secondary N) is 1. The van der Waals surface area contributed by atoms with Gasteiger partial charge in [0.25, 0.3) is 5.91 Å². The van der Waals surface area contributed by atoms with Crippen LogP contribution in [0.4, 0.5) is 11.6 Å². The topological polar surface area (TPSA) is 67.3 Å². The van der Waals surface area contributed by atoms with Crippen LogP contribution in [0.15, 0.2) is 42.7 Å². The van der Waals surface area contributed by atoms with Gasteiger partial charge in [-0.1, -0.05) is 6.07 Å². The van der Waals surface area contributed by atoms with Crippen LogP contribution in [0.3, 0.4) is 0 Å². The minimum atomic E-state index is -0.761. The lowest BCUT2D eigenvalue weighted by Crippen LogP contribution is -2.49. The summed E-state index contributed by atoms with van der Waals surface area (Å²) in [5, 5.41) is 3.23. The molecule has 1 N–H and O–H groups in total. The lowest BCUT2D eigenvalue weighted by molar-refractivity contribution is -0.152. The molecule has 1 aliphatic rings. The molecule has 1 aliphatic heterocycles. The van der Waals surface area contributed by atoms with Crippen molar-refractivity contribution in [1.29, 1.82) is 0 Å². The summed E-state index contributed by atoms with van der Waals surface area (Å²) in [6.07, 6.45) is 5.46. The Labute approximate surface area is 154 Å². The molecule has 1 saturated heterocycles. The number of rotatable bonds is 5. The third-order valence-electron chi connectivity index (χ3n) is 4.98. The summed E-state index contributed by atoms with van der Waals surface area (Å²) in [6, 6.07) is 9.87. The zero-order chi connectivity index (χ0) is 18.6. The number of piperidine rings is 1. The van der Waals surface area contributed by atoms with E-state index in [9.17, 15) is 4.79 Å². The van der Waals surface area contributed by atoms with Crippen molar-refractivity contribution in [2.75, 3.05) is 25.5 Å². The van der Waals surface area contributed by atoms with Gasteiger partial charge in [0.1, 0.15) is 17.2 Å². The number of aromatic nitrogens is 2. The first kappa shape index (κ1) is 18.3. The number of nitrogens with zero attached hydrogens (tertiary/aromatic N) is 3. The van der Waals surface area contributed by atoms with Gasteiger partial charge < -0.3 is 15.0 Å². The number of anilines is 2. The molecular weight excluding hydrogens is 328 g/mol. The van der Waals surface area contributed by atoms with E-state index in [0.717, 1.165) is 37.6 Å².